The number of nitriles is 2. The Balaban J connectivity index is 1.77. The minimum absolute atomic E-state index is 0.0280. The first kappa shape index (κ1) is 19.7. The molecule has 4 atom stereocenters. The quantitative estimate of drug-likeness (QED) is 0.615. The molecule has 4 N–H and O–H groups in total. The van der Waals surface area contributed by atoms with Crippen molar-refractivity contribution in [2.24, 2.45) is 0 Å². The van der Waals surface area contributed by atoms with Crippen LogP contribution in [-0.4, -0.2) is 22.3 Å². The molecule has 6 heteroatoms. The summed E-state index contributed by atoms with van der Waals surface area (Å²) < 4.78 is 0. The fraction of sp³-hybridized carbons (Fsp3) is 0.364. The van der Waals surface area contributed by atoms with Crippen LogP contribution in [0, 0.1) is 22.7 Å². The average molecular weight is 376 g/mol. The van der Waals surface area contributed by atoms with E-state index in [2.05, 4.69) is 22.8 Å². The van der Waals surface area contributed by atoms with Gasteiger partial charge in [0.1, 0.15) is 23.6 Å². The molecule has 2 aromatic carbocycles. The van der Waals surface area contributed by atoms with Gasteiger partial charge in [0.15, 0.2) is 0 Å². The van der Waals surface area contributed by atoms with Gasteiger partial charge in [0.2, 0.25) is 0 Å². The van der Waals surface area contributed by atoms with Gasteiger partial charge in [-0.1, -0.05) is 49.2 Å². The lowest BCUT2D eigenvalue weighted by molar-refractivity contribution is 0.265. The van der Waals surface area contributed by atoms with Crippen LogP contribution in [-0.2, 0) is 0 Å². The molecule has 0 spiro atoms. The summed E-state index contributed by atoms with van der Waals surface area (Å²) in [6.45, 7) is 0. The van der Waals surface area contributed by atoms with Crippen molar-refractivity contribution in [2.45, 2.75) is 49.9 Å². The zero-order valence-electron chi connectivity index (χ0n) is 15.5. The molecular formula is C22H24N4O2. The van der Waals surface area contributed by atoms with Crippen LogP contribution in [0.4, 0.5) is 0 Å². The normalized spacial score (nSPS) is 21.2. The number of phenolic OH excluding ortho intramolecular Hbond substituents is 2. The summed E-state index contributed by atoms with van der Waals surface area (Å²) in [6.07, 6.45) is 3.79. The molecule has 0 aromatic heterocycles. The molecule has 144 valence electrons. The summed E-state index contributed by atoms with van der Waals surface area (Å²) in [5.74, 6) is 0.178. The maximum absolute atomic E-state index is 10.1. The number of nitrogens with one attached hydrogen (secondary N) is 2. The lowest BCUT2D eigenvalue weighted by atomic mass is 9.88. The van der Waals surface area contributed by atoms with Crippen LogP contribution in [0.2, 0.25) is 0 Å². The van der Waals surface area contributed by atoms with Gasteiger partial charge in [-0.2, -0.15) is 10.5 Å². The number of aromatic hydroxyl groups is 2. The SMILES string of the molecule is N#CC(NC1CCCCC1NC(C#N)c1ccccc1O)c1ccccc1O. The van der Waals surface area contributed by atoms with Crippen molar-refractivity contribution in [3.05, 3.63) is 59.7 Å². The Morgan fingerprint density at radius 3 is 1.50 bits per heavy atom. The molecule has 0 amide bonds. The smallest absolute Gasteiger partial charge is 0.125 e. The number of rotatable bonds is 6. The maximum Gasteiger partial charge on any atom is 0.125 e. The number of para-hydroxylation sites is 2. The van der Waals surface area contributed by atoms with Crippen LogP contribution in [0.25, 0.3) is 0 Å². The summed E-state index contributed by atoms with van der Waals surface area (Å²) >= 11 is 0. The predicted molar refractivity (Wildman–Crippen MR) is 105 cm³/mol. The average Bonchev–Trinajstić information content (AvgIpc) is 2.72. The molecule has 1 aliphatic rings. The number of nitrogens with zero attached hydrogens (tertiary/aromatic N) is 2. The third kappa shape index (κ3) is 4.43. The van der Waals surface area contributed by atoms with E-state index < -0.39 is 12.1 Å². The molecule has 3 rings (SSSR count). The third-order valence-electron chi connectivity index (χ3n) is 5.28. The molecule has 0 heterocycles. The zero-order chi connectivity index (χ0) is 19.9. The highest BCUT2D eigenvalue weighted by molar-refractivity contribution is 5.38. The lowest BCUT2D eigenvalue weighted by Crippen LogP contribution is -2.51. The van der Waals surface area contributed by atoms with Crippen molar-refractivity contribution >= 4 is 0 Å². The minimum Gasteiger partial charge on any atom is -0.508 e. The van der Waals surface area contributed by atoms with Gasteiger partial charge in [-0.15, -0.1) is 0 Å². The summed E-state index contributed by atoms with van der Waals surface area (Å²) in [4.78, 5) is 0. The van der Waals surface area contributed by atoms with Crippen molar-refractivity contribution in [3.63, 3.8) is 0 Å². The van der Waals surface area contributed by atoms with E-state index in [4.69, 9.17) is 0 Å². The monoisotopic (exact) mass is 376 g/mol. The van der Waals surface area contributed by atoms with Crippen molar-refractivity contribution in [1.82, 2.24) is 10.6 Å². The van der Waals surface area contributed by atoms with Gasteiger partial charge in [0.05, 0.1) is 12.1 Å². The minimum atomic E-state index is -0.640. The second-order valence-corrected chi connectivity index (χ2v) is 7.07. The summed E-state index contributed by atoms with van der Waals surface area (Å²) in [5, 5.41) is 46.2. The largest absolute Gasteiger partial charge is 0.508 e. The molecule has 0 bridgehead atoms. The summed E-state index contributed by atoms with van der Waals surface area (Å²) in [7, 11) is 0. The predicted octanol–water partition coefficient (Wildman–Crippen LogP) is 3.42. The fourth-order valence-corrected chi connectivity index (χ4v) is 3.81. The molecule has 4 unspecified atom stereocenters. The molecule has 2 aromatic rings. The summed E-state index contributed by atoms with van der Waals surface area (Å²) in [6, 6.07) is 16.8. The Hall–Kier alpha value is -3.06. The van der Waals surface area contributed by atoms with Gasteiger partial charge in [-0.3, -0.25) is 10.6 Å². The second-order valence-electron chi connectivity index (χ2n) is 7.07. The van der Waals surface area contributed by atoms with Crippen LogP contribution in [0.3, 0.4) is 0 Å². The van der Waals surface area contributed by atoms with E-state index in [1.54, 1.807) is 48.5 Å². The van der Waals surface area contributed by atoms with Crippen LogP contribution in [0.1, 0.15) is 48.9 Å². The van der Waals surface area contributed by atoms with Crippen LogP contribution in [0.5, 0.6) is 11.5 Å². The zero-order valence-corrected chi connectivity index (χ0v) is 15.5. The molecular weight excluding hydrogens is 352 g/mol. The van der Waals surface area contributed by atoms with Crippen molar-refractivity contribution in [1.29, 1.82) is 10.5 Å². The van der Waals surface area contributed by atoms with E-state index in [-0.39, 0.29) is 23.6 Å². The van der Waals surface area contributed by atoms with E-state index in [0.29, 0.717) is 11.1 Å². The maximum atomic E-state index is 10.1. The van der Waals surface area contributed by atoms with Gasteiger partial charge in [0, 0.05) is 23.2 Å². The number of hydrogen-bond acceptors (Lipinski definition) is 6. The third-order valence-corrected chi connectivity index (χ3v) is 5.28. The van der Waals surface area contributed by atoms with Gasteiger partial charge >= 0.3 is 0 Å². The Morgan fingerprint density at radius 1 is 0.750 bits per heavy atom. The van der Waals surface area contributed by atoms with E-state index in [1.807, 2.05) is 0 Å². The van der Waals surface area contributed by atoms with E-state index in [1.165, 1.54) is 0 Å². The van der Waals surface area contributed by atoms with Gasteiger partial charge in [0.25, 0.3) is 0 Å². The first-order valence-electron chi connectivity index (χ1n) is 9.51. The highest BCUT2D eigenvalue weighted by Crippen LogP contribution is 2.29. The molecule has 1 saturated carbocycles. The summed E-state index contributed by atoms with van der Waals surface area (Å²) in [5.41, 5.74) is 1.10. The Morgan fingerprint density at radius 2 is 1.14 bits per heavy atom. The van der Waals surface area contributed by atoms with Crippen LogP contribution in [0.15, 0.2) is 48.5 Å². The number of hydrogen-bond donors (Lipinski definition) is 4. The van der Waals surface area contributed by atoms with E-state index >= 15 is 0 Å². The van der Waals surface area contributed by atoms with Gasteiger partial charge in [-0.25, -0.2) is 0 Å². The van der Waals surface area contributed by atoms with Crippen molar-refractivity contribution in [2.75, 3.05) is 0 Å². The molecule has 6 nitrogen and oxygen atoms in total. The van der Waals surface area contributed by atoms with E-state index in [0.717, 1.165) is 25.7 Å². The molecule has 28 heavy (non-hydrogen) atoms. The molecule has 0 saturated heterocycles. The van der Waals surface area contributed by atoms with Crippen LogP contribution < -0.4 is 10.6 Å². The first-order valence-corrected chi connectivity index (χ1v) is 9.51. The Kier molecular flexibility index (Phi) is 6.49. The Labute approximate surface area is 165 Å². The lowest BCUT2D eigenvalue weighted by Gasteiger charge is -2.35. The van der Waals surface area contributed by atoms with Gasteiger partial charge in [-0.05, 0) is 25.0 Å². The first-order chi connectivity index (χ1) is 13.6. The van der Waals surface area contributed by atoms with Crippen molar-refractivity contribution < 1.29 is 10.2 Å². The standard InChI is InChI=1S/C22H24N4O2/c23-13-19(15-7-1-5-11-21(15)27)25-17-9-3-4-10-18(17)26-20(14-24)16-8-2-6-12-22(16)28/h1-2,5-8,11-12,17-20,25-28H,3-4,9-10H2. The van der Waals surface area contributed by atoms with Gasteiger partial charge < -0.3 is 10.2 Å². The fourth-order valence-electron chi connectivity index (χ4n) is 3.81. The molecule has 0 aliphatic heterocycles. The van der Waals surface area contributed by atoms with Crippen LogP contribution >= 0.6 is 0 Å². The number of benzene rings is 2. The molecule has 0 radical (unpaired) electrons. The van der Waals surface area contributed by atoms with E-state index in [9.17, 15) is 20.7 Å². The van der Waals surface area contributed by atoms with Crippen molar-refractivity contribution in [3.8, 4) is 23.6 Å². The molecule has 1 fully saturated rings. The highest BCUT2D eigenvalue weighted by atomic mass is 16.3. The number of phenols is 2. The topological polar surface area (TPSA) is 112 Å². The second kappa shape index (κ2) is 9.23. The highest BCUT2D eigenvalue weighted by Gasteiger charge is 2.30. The molecule has 1 aliphatic carbocycles. The Bertz CT molecular complexity index is 813.